The molecule has 1 rings (SSSR count). The van der Waals surface area contributed by atoms with Gasteiger partial charge in [-0.1, -0.05) is 13.3 Å². The number of aromatic nitrogens is 2. The van der Waals surface area contributed by atoms with Crippen molar-refractivity contribution in [1.82, 2.24) is 4.57 Å². The van der Waals surface area contributed by atoms with E-state index in [2.05, 4.69) is 0 Å². The molecule has 0 N–H and O–H groups in total. The normalized spacial score (nSPS) is 14.8. The zero-order valence-electron chi connectivity index (χ0n) is 16.5. The van der Waals surface area contributed by atoms with E-state index in [0.29, 0.717) is 6.54 Å². The average molecular weight is 499 g/mol. The lowest BCUT2D eigenvalue weighted by Crippen LogP contribution is -2.70. The number of alkyl halides is 13. The predicted molar refractivity (Wildman–Crippen MR) is 84.2 cm³/mol. The molecule has 32 heavy (non-hydrogen) atoms. The number of halogens is 13. The quantitative estimate of drug-likeness (QED) is 0.177. The number of aryl methyl sites for hydroxylation is 2. The molecule has 0 spiro atoms. The Morgan fingerprint density at radius 3 is 1.72 bits per heavy atom. The molecular weight excluding hydrogens is 479 g/mol. The van der Waals surface area contributed by atoms with Gasteiger partial charge in [0.15, 0.2) is 0 Å². The van der Waals surface area contributed by atoms with Gasteiger partial charge in [-0.25, -0.2) is 9.13 Å². The van der Waals surface area contributed by atoms with Crippen molar-refractivity contribution in [3.63, 3.8) is 0 Å². The van der Waals surface area contributed by atoms with Crippen molar-refractivity contribution in [1.29, 1.82) is 0 Å². The first-order valence-electron chi connectivity index (χ1n) is 9.27. The molecule has 15 heteroatoms. The fourth-order valence-corrected chi connectivity index (χ4v) is 2.69. The molecule has 1 aromatic heterocycles. The van der Waals surface area contributed by atoms with Crippen molar-refractivity contribution < 1.29 is 61.6 Å². The van der Waals surface area contributed by atoms with E-state index >= 15 is 0 Å². The fourth-order valence-electron chi connectivity index (χ4n) is 2.69. The van der Waals surface area contributed by atoms with Crippen LogP contribution in [-0.4, -0.2) is 40.4 Å². The smallest absolute Gasteiger partial charge is 0.237 e. The minimum absolute atomic E-state index is 0.465. The maximum Gasteiger partial charge on any atom is 0.460 e. The fraction of sp³-hybridized carbons (Fsp3) is 0.824. The number of rotatable bonds is 12. The molecule has 0 saturated heterocycles. The van der Waals surface area contributed by atoms with E-state index in [4.69, 9.17) is 0 Å². The second-order valence-electron chi connectivity index (χ2n) is 7.20. The van der Waals surface area contributed by atoms with Crippen molar-refractivity contribution >= 4 is 0 Å². The van der Waals surface area contributed by atoms with E-state index in [9.17, 15) is 57.1 Å². The molecular formula is C17H20F13N2+. The SMILES string of the molecule is CCCCCn1cc[n+](CCCC(F)(F)C(F)(F)C(F)(F)C(F)(F)C(F)(F)C(F)(F)F)c1. The molecule has 0 radical (unpaired) electrons. The molecule has 1 aromatic rings. The summed E-state index contributed by atoms with van der Waals surface area (Å²) in [5.74, 6) is -36.5. The molecule has 0 unspecified atom stereocenters. The van der Waals surface area contributed by atoms with E-state index in [-0.39, 0.29) is 0 Å². The monoisotopic (exact) mass is 499 g/mol. The van der Waals surface area contributed by atoms with Gasteiger partial charge >= 0.3 is 35.8 Å². The van der Waals surface area contributed by atoms with Crippen LogP contribution in [0.2, 0.25) is 0 Å². The summed E-state index contributed by atoms with van der Waals surface area (Å²) in [7, 11) is 0. The minimum Gasteiger partial charge on any atom is -0.237 e. The molecule has 0 atom stereocenters. The highest BCUT2D eigenvalue weighted by Gasteiger charge is 2.90. The summed E-state index contributed by atoms with van der Waals surface area (Å²) >= 11 is 0. The molecule has 0 saturated carbocycles. The van der Waals surface area contributed by atoms with Gasteiger partial charge < -0.3 is 0 Å². The lowest BCUT2D eigenvalue weighted by Gasteiger charge is -2.39. The molecule has 1 heterocycles. The third kappa shape index (κ3) is 5.10. The first-order chi connectivity index (χ1) is 14.3. The van der Waals surface area contributed by atoms with E-state index in [1.54, 1.807) is 4.57 Å². The van der Waals surface area contributed by atoms with Gasteiger partial charge in [-0.05, 0) is 19.3 Å². The van der Waals surface area contributed by atoms with Crippen LogP contribution in [0.1, 0.15) is 39.0 Å². The van der Waals surface area contributed by atoms with Gasteiger partial charge in [-0.3, -0.25) is 0 Å². The number of imidazole rings is 1. The van der Waals surface area contributed by atoms with Crippen molar-refractivity contribution in [2.75, 3.05) is 0 Å². The Hall–Kier alpha value is -1.70. The molecule has 0 aliphatic heterocycles. The van der Waals surface area contributed by atoms with E-state index < -0.39 is 55.2 Å². The first-order valence-corrected chi connectivity index (χ1v) is 9.27. The van der Waals surface area contributed by atoms with Crippen LogP contribution >= 0.6 is 0 Å². The summed E-state index contributed by atoms with van der Waals surface area (Å²) in [6, 6.07) is 0. The Balaban J connectivity index is 2.94. The van der Waals surface area contributed by atoms with Crippen molar-refractivity contribution in [2.45, 2.75) is 87.9 Å². The third-order valence-electron chi connectivity index (χ3n) is 4.67. The summed E-state index contributed by atoms with van der Waals surface area (Å²) in [4.78, 5) is 0. The Labute approximate surface area is 174 Å². The Morgan fingerprint density at radius 2 is 1.22 bits per heavy atom. The molecule has 0 amide bonds. The molecule has 188 valence electrons. The maximum absolute atomic E-state index is 13.7. The van der Waals surface area contributed by atoms with E-state index in [1.807, 2.05) is 6.92 Å². The van der Waals surface area contributed by atoms with Crippen LogP contribution in [0.4, 0.5) is 57.1 Å². The van der Waals surface area contributed by atoms with Crippen LogP contribution in [0, 0.1) is 0 Å². The minimum atomic E-state index is -7.85. The highest BCUT2D eigenvalue weighted by Crippen LogP contribution is 2.60. The largest absolute Gasteiger partial charge is 0.460 e. The van der Waals surface area contributed by atoms with Gasteiger partial charge in [0.25, 0.3) is 0 Å². The number of hydrogen-bond donors (Lipinski definition) is 0. The van der Waals surface area contributed by atoms with Gasteiger partial charge in [0.2, 0.25) is 6.33 Å². The van der Waals surface area contributed by atoms with Crippen LogP contribution in [0.3, 0.4) is 0 Å². The van der Waals surface area contributed by atoms with Crippen LogP contribution in [0.25, 0.3) is 0 Å². The van der Waals surface area contributed by atoms with Gasteiger partial charge in [0, 0.05) is 6.42 Å². The van der Waals surface area contributed by atoms with Crippen molar-refractivity contribution in [3.05, 3.63) is 18.7 Å². The van der Waals surface area contributed by atoms with Crippen molar-refractivity contribution in [2.24, 2.45) is 0 Å². The van der Waals surface area contributed by atoms with Gasteiger partial charge in [-0.2, -0.15) is 57.1 Å². The number of nitrogens with zero attached hydrogens (tertiary/aromatic N) is 2. The van der Waals surface area contributed by atoms with Crippen LogP contribution in [0.15, 0.2) is 18.7 Å². The third-order valence-corrected chi connectivity index (χ3v) is 4.67. The summed E-state index contributed by atoms with van der Waals surface area (Å²) in [5.41, 5.74) is 0. The second-order valence-corrected chi connectivity index (χ2v) is 7.20. The zero-order chi connectivity index (χ0) is 25.2. The lowest BCUT2D eigenvalue weighted by atomic mass is 9.92. The summed E-state index contributed by atoms with van der Waals surface area (Å²) in [6.07, 6.45) is -3.83. The average Bonchev–Trinajstić information content (AvgIpc) is 3.07. The zero-order valence-corrected chi connectivity index (χ0v) is 16.5. The van der Waals surface area contributed by atoms with Crippen LogP contribution < -0.4 is 4.57 Å². The number of unbranched alkanes of at least 4 members (excludes halogenated alkanes) is 2. The van der Waals surface area contributed by atoms with E-state index in [1.165, 1.54) is 23.3 Å². The first kappa shape index (κ1) is 28.3. The van der Waals surface area contributed by atoms with E-state index in [0.717, 1.165) is 19.3 Å². The number of hydrogen-bond acceptors (Lipinski definition) is 0. The Morgan fingerprint density at radius 1 is 0.688 bits per heavy atom. The van der Waals surface area contributed by atoms with Gasteiger partial charge in [-0.15, -0.1) is 0 Å². The predicted octanol–water partition coefficient (Wildman–Crippen LogP) is 6.48. The molecule has 0 bridgehead atoms. The molecule has 0 aromatic carbocycles. The van der Waals surface area contributed by atoms with Crippen molar-refractivity contribution in [3.8, 4) is 0 Å². The standard InChI is InChI=1S/C17H20F13N2/c1-2-3-4-7-31-9-10-32(11-31)8-5-6-12(18,19)13(20,21)14(22,23)15(24,25)16(26,27)17(28,29)30/h9-11H,2-8H2,1H3/q+1. The Kier molecular flexibility index (Phi) is 8.21. The molecule has 0 fully saturated rings. The molecule has 2 nitrogen and oxygen atoms in total. The van der Waals surface area contributed by atoms with Gasteiger partial charge in [0.1, 0.15) is 12.4 Å². The summed E-state index contributed by atoms with van der Waals surface area (Å²) < 4.78 is 172. The molecule has 0 aliphatic carbocycles. The van der Waals surface area contributed by atoms with Crippen LogP contribution in [-0.2, 0) is 13.1 Å². The summed E-state index contributed by atoms with van der Waals surface area (Å²) in [6.45, 7) is 2.01. The lowest BCUT2D eigenvalue weighted by molar-refractivity contribution is -0.697. The topological polar surface area (TPSA) is 8.81 Å². The van der Waals surface area contributed by atoms with Gasteiger partial charge in [0.05, 0.1) is 13.1 Å². The Bertz CT molecular complexity index is 737. The highest BCUT2D eigenvalue weighted by molar-refractivity contribution is 5.10. The van der Waals surface area contributed by atoms with Crippen LogP contribution in [0.5, 0.6) is 0 Å². The summed E-state index contributed by atoms with van der Waals surface area (Å²) in [5, 5.41) is 0. The maximum atomic E-state index is 13.7. The second kappa shape index (κ2) is 9.27. The highest BCUT2D eigenvalue weighted by atomic mass is 19.4. The molecule has 0 aliphatic rings.